The highest BCUT2D eigenvalue weighted by Gasteiger charge is 2.26. The molecule has 1 rings (SSSR count). The van der Waals surface area contributed by atoms with Crippen molar-refractivity contribution in [1.29, 1.82) is 0 Å². The minimum absolute atomic E-state index is 0.240. The van der Waals surface area contributed by atoms with Crippen LogP contribution < -0.4 is 4.72 Å². The van der Waals surface area contributed by atoms with Gasteiger partial charge >= 0.3 is 6.18 Å². The molecule has 1 aromatic rings. The first-order chi connectivity index (χ1) is 9.53. The lowest BCUT2D eigenvalue weighted by atomic mass is 10.3. The van der Waals surface area contributed by atoms with E-state index in [4.69, 9.17) is 11.6 Å². The van der Waals surface area contributed by atoms with E-state index < -0.39 is 51.1 Å². The number of alkyl halides is 3. The Kier molecular flexibility index (Phi) is 5.54. The predicted octanol–water partition coefficient (Wildman–Crippen LogP) is 2.87. The molecule has 1 aromatic carbocycles. The lowest BCUT2D eigenvalue weighted by molar-refractivity contribution is -0.384. The average Bonchev–Trinajstić information content (AvgIpc) is 2.33. The topological polar surface area (TPSA) is 89.3 Å². The Morgan fingerprint density at radius 1 is 1.33 bits per heavy atom. The maximum absolute atomic E-state index is 11.9. The van der Waals surface area contributed by atoms with Crippen LogP contribution in [0.4, 0.5) is 18.9 Å². The maximum Gasteiger partial charge on any atom is 0.389 e. The third-order valence-electron chi connectivity index (χ3n) is 2.35. The van der Waals surface area contributed by atoms with Crippen molar-refractivity contribution in [1.82, 2.24) is 4.72 Å². The van der Waals surface area contributed by atoms with Crippen LogP contribution in [0.5, 0.6) is 0 Å². The number of sulfonamides is 1. The molecule has 0 spiro atoms. The first-order valence-corrected chi connectivity index (χ1v) is 7.39. The molecule has 0 atom stereocenters. The molecular formula is C10H10ClF3N2O4S. The monoisotopic (exact) mass is 346 g/mol. The Balaban J connectivity index is 2.79. The van der Waals surface area contributed by atoms with Crippen molar-refractivity contribution in [2.75, 3.05) is 6.54 Å². The van der Waals surface area contributed by atoms with Gasteiger partial charge in [0.15, 0.2) is 0 Å². The fraction of sp³-hybridized carbons (Fsp3) is 0.400. The third kappa shape index (κ3) is 5.48. The van der Waals surface area contributed by atoms with Crippen LogP contribution in [0.15, 0.2) is 23.1 Å². The Morgan fingerprint density at radius 3 is 2.48 bits per heavy atom. The number of hydrogen-bond acceptors (Lipinski definition) is 4. The molecule has 0 amide bonds. The summed E-state index contributed by atoms with van der Waals surface area (Å²) in [6.07, 6.45) is -5.93. The van der Waals surface area contributed by atoms with Crippen molar-refractivity contribution >= 4 is 27.3 Å². The second kappa shape index (κ2) is 6.58. The fourth-order valence-corrected chi connectivity index (χ4v) is 2.66. The number of rotatable bonds is 6. The van der Waals surface area contributed by atoms with E-state index in [-0.39, 0.29) is 5.02 Å². The molecule has 0 saturated carbocycles. The summed E-state index contributed by atoms with van der Waals surface area (Å²) in [4.78, 5) is 9.36. The van der Waals surface area contributed by atoms with Gasteiger partial charge in [0.25, 0.3) is 5.69 Å². The Hall–Kier alpha value is -1.39. The average molecular weight is 347 g/mol. The van der Waals surface area contributed by atoms with E-state index in [1.807, 2.05) is 4.72 Å². The third-order valence-corrected chi connectivity index (χ3v) is 4.13. The van der Waals surface area contributed by atoms with Crippen molar-refractivity contribution in [3.05, 3.63) is 33.3 Å². The summed E-state index contributed by atoms with van der Waals surface area (Å²) in [5.74, 6) is 0. The van der Waals surface area contributed by atoms with Crippen LogP contribution in [0.1, 0.15) is 12.8 Å². The summed E-state index contributed by atoms with van der Waals surface area (Å²) in [7, 11) is -4.13. The zero-order valence-corrected chi connectivity index (χ0v) is 11.9. The maximum atomic E-state index is 11.9. The van der Waals surface area contributed by atoms with Gasteiger partial charge in [-0.25, -0.2) is 13.1 Å². The van der Waals surface area contributed by atoms with Gasteiger partial charge in [0, 0.05) is 19.0 Å². The quantitative estimate of drug-likeness (QED) is 0.487. The Morgan fingerprint density at radius 2 is 1.95 bits per heavy atom. The van der Waals surface area contributed by atoms with Crippen molar-refractivity contribution in [3.63, 3.8) is 0 Å². The number of nitrogens with zero attached hydrogens (tertiary/aromatic N) is 1. The van der Waals surface area contributed by atoms with Gasteiger partial charge in [0.2, 0.25) is 10.0 Å². The minimum atomic E-state index is -4.37. The highest BCUT2D eigenvalue weighted by molar-refractivity contribution is 7.89. The summed E-state index contributed by atoms with van der Waals surface area (Å²) >= 11 is 5.54. The van der Waals surface area contributed by atoms with Gasteiger partial charge in [0.1, 0.15) is 5.02 Å². The molecule has 6 nitrogen and oxygen atoms in total. The number of nitro groups is 1. The van der Waals surface area contributed by atoms with E-state index in [1.54, 1.807) is 0 Å². The zero-order valence-electron chi connectivity index (χ0n) is 10.4. The van der Waals surface area contributed by atoms with Gasteiger partial charge in [-0.15, -0.1) is 0 Å². The highest BCUT2D eigenvalue weighted by Crippen LogP contribution is 2.27. The van der Waals surface area contributed by atoms with Crippen molar-refractivity contribution in [3.8, 4) is 0 Å². The SMILES string of the molecule is O=[N+]([O-])c1cc(S(=O)(=O)NCCCC(F)(F)F)ccc1Cl. The minimum Gasteiger partial charge on any atom is -0.258 e. The van der Waals surface area contributed by atoms with Crippen molar-refractivity contribution < 1.29 is 26.5 Å². The lowest BCUT2D eigenvalue weighted by Gasteiger charge is -2.08. The molecule has 0 radical (unpaired) electrons. The van der Waals surface area contributed by atoms with E-state index in [0.29, 0.717) is 0 Å². The number of halogens is 4. The van der Waals surface area contributed by atoms with Crippen molar-refractivity contribution in [2.24, 2.45) is 0 Å². The largest absolute Gasteiger partial charge is 0.389 e. The molecule has 0 fully saturated rings. The van der Waals surface area contributed by atoms with Gasteiger partial charge < -0.3 is 0 Å². The van der Waals surface area contributed by atoms with Crippen molar-refractivity contribution in [2.45, 2.75) is 23.9 Å². The van der Waals surface area contributed by atoms with Crippen LogP contribution in [0.25, 0.3) is 0 Å². The standard InChI is InChI=1S/C10H10ClF3N2O4S/c11-8-3-2-7(6-9(8)16(17)18)21(19,20)15-5-1-4-10(12,13)14/h2-3,6,15H,1,4-5H2. The molecule has 21 heavy (non-hydrogen) atoms. The summed E-state index contributed by atoms with van der Waals surface area (Å²) in [5.41, 5.74) is -0.602. The molecule has 0 aliphatic heterocycles. The highest BCUT2D eigenvalue weighted by atomic mass is 35.5. The Bertz CT molecular complexity index is 634. The molecular weight excluding hydrogens is 337 g/mol. The first-order valence-electron chi connectivity index (χ1n) is 5.53. The summed E-state index contributed by atoms with van der Waals surface area (Å²) in [6, 6.07) is 2.81. The molecule has 1 N–H and O–H groups in total. The van der Waals surface area contributed by atoms with Gasteiger partial charge in [-0.2, -0.15) is 13.2 Å². The van der Waals surface area contributed by atoms with Crippen LogP contribution in [-0.2, 0) is 10.0 Å². The summed E-state index contributed by atoms with van der Waals surface area (Å²) in [5, 5.41) is 10.4. The van der Waals surface area contributed by atoms with Crippen LogP contribution in [0, 0.1) is 10.1 Å². The number of nitro benzene ring substituents is 1. The second-order valence-corrected chi connectivity index (χ2v) is 6.16. The fourth-order valence-electron chi connectivity index (χ4n) is 1.38. The number of benzene rings is 1. The molecule has 0 bridgehead atoms. The first kappa shape index (κ1) is 17.7. The molecule has 118 valence electrons. The van der Waals surface area contributed by atoms with Gasteiger partial charge in [-0.05, 0) is 18.6 Å². The molecule has 0 unspecified atom stereocenters. The van der Waals surface area contributed by atoms with Crippen LogP contribution in [0.2, 0.25) is 5.02 Å². The normalized spacial score (nSPS) is 12.4. The molecule has 0 heterocycles. The van der Waals surface area contributed by atoms with E-state index in [1.165, 1.54) is 0 Å². The second-order valence-electron chi connectivity index (χ2n) is 3.99. The predicted molar refractivity (Wildman–Crippen MR) is 68.6 cm³/mol. The van der Waals surface area contributed by atoms with Crippen LogP contribution >= 0.6 is 11.6 Å². The number of hydrogen-bond donors (Lipinski definition) is 1. The van der Waals surface area contributed by atoms with E-state index in [9.17, 15) is 31.7 Å². The number of nitrogens with one attached hydrogen (secondary N) is 1. The van der Waals surface area contributed by atoms with Gasteiger partial charge in [0.05, 0.1) is 9.82 Å². The summed E-state index contributed by atoms with van der Waals surface area (Å²) < 4.78 is 61.3. The van der Waals surface area contributed by atoms with E-state index in [2.05, 4.69) is 0 Å². The summed E-state index contributed by atoms with van der Waals surface area (Å²) in [6.45, 7) is -0.432. The smallest absolute Gasteiger partial charge is 0.258 e. The van der Waals surface area contributed by atoms with E-state index in [0.717, 1.165) is 18.2 Å². The van der Waals surface area contributed by atoms with E-state index >= 15 is 0 Å². The van der Waals surface area contributed by atoms with Crippen LogP contribution in [-0.4, -0.2) is 26.1 Å². The molecule has 11 heteroatoms. The molecule has 0 aromatic heterocycles. The van der Waals surface area contributed by atoms with Gasteiger partial charge in [-0.3, -0.25) is 10.1 Å². The molecule has 0 aliphatic rings. The molecule has 0 saturated heterocycles. The van der Waals surface area contributed by atoms with Gasteiger partial charge in [-0.1, -0.05) is 11.6 Å². The Labute approximate surface area is 123 Å². The van der Waals surface area contributed by atoms with Crippen LogP contribution in [0.3, 0.4) is 0 Å². The zero-order chi connectivity index (χ0) is 16.3. The molecule has 0 aliphatic carbocycles. The lowest BCUT2D eigenvalue weighted by Crippen LogP contribution is -2.26.